The van der Waals surface area contributed by atoms with Crippen LogP contribution in [0.5, 0.6) is 0 Å². The summed E-state index contributed by atoms with van der Waals surface area (Å²) in [5, 5.41) is 12.5. The van der Waals surface area contributed by atoms with Crippen LogP contribution in [-0.2, 0) is 6.42 Å². The first-order valence-electron chi connectivity index (χ1n) is 9.75. The van der Waals surface area contributed by atoms with Crippen LogP contribution in [0.2, 0.25) is 0 Å². The first-order valence-corrected chi connectivity index (χ1v) is 9.75. The quantitative estimate of drug-likeness (QED) is 0.813. The van der Waals surface area contributed by atoms with Crippen LogP contribution in [0, 0.1) is 18.3 Å². The highest BCUT2D eigenvalue weighted by Gasteiger charge is 2.19. The van der Waals surface area contributed by atoms with Gasteiger partial charge in [0.2, 0.25) is 5.95 Å². The number of rotatable bonds is 6. The van der Waals surface area contributed by atoms with Crippen molar-refractivity contribution in [3.8, 4) is 6.07 Å². The van der Waals surface area contributed by atoms with Crippen molar-refractivity contribution in [2.24, 2.45) is 5.73 Å². The zero-order valence-electron chi connectivity index (χ0n) is 16.2. The van der Waals surface area contributed by atoms with Crippen molar-refractivity contribution < 1.29 is 0 Å². The molecule has 1 saturated heterocycles. The van der Waals surface area contributed by atoms with Crippen LogP contribution in [0.25, 0.3) is 0 Å². The van der Waals surface area contributed by atoms with E-state index >= 15 is 0 Å². The fraction of sp³-hybridized carbons (Fsp3) is 0.476. The maximum absolute atomic E-state index is 9.26. The van der Waals surface area contributed by atoms with Crippen LogP contribution in [0.4, 0.5) is 17.5 Å². The van der Waals surface area contributed by atoms with Crippen LogP contribution in [0.15, 0.2) is 24.3 Å². The number of piperidine rings is 1. The molecule has 3 N–H and O–H groups in total. The monoisotopic (exact) mass is 364 g/mol. The van der Waals surface area contributed by atoms with E-state index in [0.29, 0.717) is 11.5 Å². The van der Waals surface area contributed by atoms with Crippen LogP contribution in [0.3, 0.4) is 0 Å². The third-order valence-corrected chi connectivity index (χ3v) is 4.95. The van der Waals surface area contributed by atoms with E-state index in [1.165, 1.54) is 0 Å². The molecule has 1 atom stereocenters. The molecule has 2 heterocycles. The number of anilines is 3. The average Bonchev–Trinajstić information content (AvgIpc) is 2.67. The van der Waals surface area contributed by atoms with Crippen LogP contribution >= 0.6 is 0 Å². The second-order valence-corrected chi connectivity index (χ2v) is 7.26. The zero-order chi connectivity index (χ0) is 19.2. The molecular weight excluding hydrogens is 336 g/mol. The summed E-state index contributed by atoms with van der Waals surface area (Å²) >= 11 is 0. The molecule has 1 fully saturated rings. The third-order valence-electron chi connectivity index (χ3n) is 4.95. The minimum atomic E-state index is 0.194. The molecule has 1 aromatic carbocycles. The van der Waals surface area contributed by atoms with Gasteiger partial charge in [0.15, 0.2) is 0 Å². The summed E-state index contributed by atoms with van der Waals surface area (Å²) in [6.07, 6.45) is 5.30. The van der Waals surface area contributed by atoms with Gasteiger partial charge in [-0.3, -0.25) is 0 Å². The lowest BCUT2D eigenvalue weighted by Crippen LogP contribution is -2.43. The number of unbranched alkanes of at least 4 members (excludes halogenated alkanes) is 1. The van der Waals surface area contributed by atoms with Gasteiger partial charge in [0, 0.05) is 36.6 Å². The second kappa shape index (κ2) is 8.83. The van der Waals surface area contributed by atoms with Crippen LogP contribution in [-0.4, -0.2) is 29.1 Å². The average molecular weight is 364 g/mol. The molecule has 0 saturated carbocycles. The van der Waals surface area contributed by atoms with E-state index in [2.05, 4.69) is 29.3 Å². The highest BCUT2D eigenvalue weighted by Crippen LogP contribution is 2.23. The number of nitrogens with two attached hydrogens (primary N) is 1. The van der Waals surface area contributed by atoms with E-state index < -0.39 is 0 Å². The highest BCUT2D eigenvalue weighted by atomic mass is 15.2. The Balaban J connectivity index is 1.89. The van der Waals surface area contributed by atoms with Crippen molar-refractivity contribution in [3.63, 3.8) is 0 Å². The lowest BCUT2D eigenvalue weighted by molar-refractivity contribution is 0.503. The zero-order valence-corrected chi connectivity index (χ0v) is 16.2. The topological polar surface area (TPSA) is 90.9 Å². The van der Waals surface area contributed by atoms with Crippen molar-refractivity contribution in [2.75, 3.05) is 23.3 Å². The number of nitriles is 1. The Morgan fingerprint density at radius 3 is 2.93 bits per heavy atom. The van der Waals surface area contributed by atoms with Crippen molar-refractivity contribution in [1.82, 2.24) is 9.97 Å². The van der Waals surface area contributed by atoms with E-state index in [0.717, 1.165) is 68.0 Å². The van der Waals surface area contributed by atoms with Gasteiger partial charge in [-0.05, 0) is 50.3 Å². The summed E-state index contributed by atoms with van der Waals surface area (Å²) < 4.78 is 0. The van der Waals surface area contributed by atoms with Gasteiger partial charge >= 0.3 is 0 Å². The van der Waals surface area contributed by atoms with Gasteiger partial charge < -0.3 is 16.0 Å². The summed E-state index contributed by atoms with van der Waals surface area (Å²) in [4.78, 5) is 11.7. The highest BCUT2D eigenvalue weighted by molar-refractivity contribution is 5.59. The summed E-state index contributed by atoms with van der Waals surface area (Å²) in [7, 11) is 0. The summed E-state index contributed by atoms with van der Waals surface area (Å²) in [6.45, 7) is 5.91. The van der Waals surface area contributed by atoms with Crippen molar-refractivity contribution in [1.29, 1.82) is 5.26 Å². The molecule has 0 spiro atoms. The molecule has 3 rings (SSSR count). The summed E-state index contributed by atoms with van der Waals surface area (Å²) in [6, 6.07) is 10.2. The number of nitrogens with zero attached hydrogens (tertiary/aromatic N) is 4. The van der Waals surface area contributed by atoms with Gasteiger partial charge in [-0.25, -0.2) is 4.98 Å². The van der Waals surface area contributed by atoms with Gasteiger partial charge in [-0.2, -0.15) is 10.2 Å². The molecule has 0 aliphatic carbocycles. The van der Waals surface area contributed by atoms with Crippen molar-refractivity contribution >= 4 is 17.5 Å². The maximum atomic E-state index is 9.26. The molecule has 0 radical (unpaired) electrons. The Hall–Kier alpha value is -2.65. The molecular formula is C21H28N6. The second-order valence-electron chi connectivity index (χ2n) is 7.26. The molecule has 6 nitrogen and oxygen atoms in total. The minimum absolute atomic E-state index is 0.194. The van der Waals surface area contributed by atoms with E-state index in [9.17, 15) is 5.26 Å². The normalized spacial score (nSPS) is 16.8. The molecule has 1 aromatic heterocycles. The van der Waals surface area contributed by atoms with Gasteiger partial charge in [-0.1, -0.05) is 19.4 Å². The number of benzene rings is 1. The summed E-state index contributed by atoms with van der Waals surface area (Å²) in [5.41, 5.74) is 9.64. The first kappa shape index (κ1) is 19.1. The number of hydrogen-bond donors (Lipinski definition) is 2. The van der Waals surface area contributed by atoms with Crippen LogP contribution < -0.4 is 16.0 Å². The molecule has 1 aliphatic heterocycles. The molecule has 0 unspecified atom stereocenters. The third kappa shape index (κ3) is 4.95. The molecule has 6 heteroatoms. The minimum Gasteiger partial charge on any atom is -0.355 e. The Bertz CT molecular complexity index is 826. The van der Waals surface area contributed by atoms with Crippen molar-refractivity contribution in [3.05, 3.63) is 41.1 Å². The lowest BCUT2D eigenvalue weighted by Gasteiger charge is -2.32. The maximum Gasteiger partial charge on any atom is 0.229 e. The predicted molar refractivity (Wildman–Crippen MR) is 109 cm³/mol. The van der Waals surface area contributed by atoms with Gasteiger partial charge in [0.1, 0.15) is 5.82 Å². The lowest BCUT2D eigenvalue weighted by atomic mass is 10.1. The SMILES string of the molecule is CCCCc1cc(N2CCC[C@@H](N)C2)nc(Nc2ccc(C)c(C#N)c2)n1. The molecule has 2 aromatic rings. The molecule has 27 heavy (non-hydrogen) atoms. The fourth-order valence-electron chi connectivity index (χ4n) is 3.35. The number of nitrogens with one attached hydrogen (secondary N) is 1. The van der Waals surface area contributed by atoms with Crippen molar-refractivity contribution in [2.45, 2.75) is 52.0 Å². The molecule has 0 amide bonds. The van der Waals surface area contributed by atoms with Gasteiger partial charge in [0.05, 0.1) is 11.6 Å². The van der Waals surface area contributed by atoms with E-state index in [4.69, 9.17) is 15.7 Å². The smallest absolute Gasteiger partial charge is 0.229 e. The Labute approximate surface area is 161 Å². The van der Waals surface area contributed by atoms with Gasteiger partial charge in [0.25, 0.3) is 0 Å². The standard InChI is InChI=1S/C21H28N6/c1-3-4-7-18-12-20(27-10-5-6-17(23)14-27)26-21(24-18)25-19-9-8-15(2)16(11-19)13-22/h8-9,11-12,17H,3-7,10,14,23H2,1-2H3,(H,24,25,26)/t17-/m1/s1. The Kier molecular flexibility index (Phi) is 6.25. The fourth-order valence-corrected chi connectivity index (χ4v) is 3.35. The van der Waals surface area contributed by atoms with E-state index in [1.54, 1.807) is 0 Å². The largest absolute Gasteiger partial charge is 0.355 e. The van der Waals surface area contributed by atoms with Crippen LogP contribution in [0.1, 0.15) is 49.4 Å². The molecule has 142 valence electrons. The van der Waals surface area contributed by atoms with E-state index in [-0.39, 0.29) is 6.04 Å². The predicted octanol–water partition coefficient (Wildman–Crippen LogP) is 3.67. The number of aromatic nitrogens is 2. The van der Waals surface area contributed by atoms with E-state index in [1.807, 2.05) is 25.1 Å². The Morgan fingerprint density at radius 1 is 1.33 bits per heavy atom. The van der Waals surface area contributed by atoms with Gasteiger partial charge in [-0.15, -0.1) is 0 Å². The molecule has 1 aliphatic rings. The molecule has 0 bridgehead atoms. The summed E-state index contributed by atoms with van der Waals surface area (Å²) in [5.74, 6) is 1.51. The number of hydrogen-bond acceptors (Lipinski definition) is 6. The number of aryl methyl sites for hydroxylation is 2. The Morgan fingerprint density at radius 2 is 2.19 bits per heavy atom. The first-order chi connectivity index (χ1) is 13.1.